The van der Waals surface area contributed by atoms with E-state index < -0.39 is 48.8 Å². The van der Waals surface area contributed by atoms with Crippen molar-refractivity contribution in [3.63, 3.8) is 0 Å². The van der Waals surface area contributed by atoms with Crippen molar-refractivity contribution in [2.24, 2.45) is 5.73 Å². The maximum absolute atomic E-state index is 12.4. The smallest absolute Gasteiger partial charge is 0.461 e. The van der Waals surface area contributed by atoms with E-state index in [1.165, 1.54) is 12.1 Å². The summed E-state index contributed by atoms with van der Waals surface area (Å²) in [6, 6.07) is 3.22. The molecule has 0 aromatic heterocycles. The molecule has 1 aromatic carbocycles. The average Bonchev–Trinajstić information content (AvgIpc) is 2.83. The molecule has 218 valence electrons. The minimum Gasteiger partial charge on any atom is -0.461 e. The SMILES string of the molecule is CC(C)OC(=O)Oc1ccc(C[C@H](N)C(=O)OC[C@H](C)OC(=O)OC2CCCCC2)cc1OC(=O)OC(C)C. The van der Waals surface area contributed by atoms with E-state index >= 15 is 0 Å². The van der Waals surface area contributed by atoms with Crippen LogP contribution in [-0.4, -0.2) is 61.5 Å². The van der Waals surface area contributed by atoms with E-state index in [-0.39, 0.29) is 30.6 Å². The molecular weight excluding hydrogens is 514 g/mol. The molecule has 0 saturated heterocycles. The van der Waals surface area contributed by atoms with E-state index in [0.717, 1.165) is 32.1 Å². The van der Waals surface area contributed by atoms with Gasteiger partial charge in [0.05, 0.1) is 12.2 Å². The summed E-state index contributed by atoms with van der Waals surface area (Å²) in [7, 11) is 0. The van der Waals surface area contributed by atoms with Crippen molar-refractivity contribution in [3.05, 3.63) is 23.8 Å². The van der Waals surface area contributed by atoms with Gasteiger partial charge in [0.2, 0.25) is 0 Å². The van der Waals surface area contributed by atoms with E-state index in [4.69, 9.17) is 38.9 Å². The minimum atomic E-state index is -1.08. The van der Waals surface area contributed by atoms with Crippen LogP contribution in [0.15, 0.2) is 18.2 Å². The van der Waals surface area contributed by atoms with Crippen molar-refractivity contribution in [2.75, 3.05) is 6.61 Å². The van der Waals surface area contributed by atoms with Crippen molar-refractivity contribution in [1.29, 1.82) is 0 Å². The van der Waals surface area contributed by atoms with Crippen LogP contribution in [0.5, 0.6) is 11.5 Å². The van der Waals surface area contributed by atoms with Crippen molar-refractivity contribution in [3.8, 4) is 11.5 Å². The van der Waals surface area contributed by atoms with Gasteiger partial charge in [0.15, 0.2) is 11.5 Å². The predicted molar refractivity (Wildman–Crippen MR) is 137 cm³/mol. The van der Waals surface area contributed by atoms with Crippen LogP contribution in [0.25, 0.3) is 0 Å². The number of hydrogen-bond donors (Lipinski definition) is 1. The molecule has 2 N–H and O–H groups in total. The molecule has 0 unspecified atom stereocenters. The van der Waals surface area contributed by atoms with Gasteiger partial charge in [0.1, 0.15) is 24.9 Å². The second kappa shape index (κ2) is 15.8. The van der Waals surface area contributed by atoms with Gasteiger partial charge in [-0.15, -0.1) is 0 Å². The zero-order valence-electron chi connectivity index (χ0n) is 23.1. The van der Waals surface area contributed by atoms with Gasteiger partial charge in [-0.25, -0.2) is 14.4 Å². The number of hydrogen-bond acceptors (Lipinski definition) is 12. The Morgan fingerprint density at radius 3 is 2.00 bits per heavy atom. The number of carbonyl (C=O) groups excluding carboxylic acids is 4. The van der Waals surface area contributed by atoms with Gasteiger partial charge < -0.3 is 38.9 Å². The van der Waals surface area contributed by atoms with Gasteiger partial charge >= 0.3 is 24.4 Å². The topological polar surface area (TPSA) is 159 Å². The Bertz CT molecular complexity index is 972. The molecule has 2 atom stereocenters. The van der Waals surface area contributed by atoms with E-state index in [0.29, 0.717) is 5.56 Å². The summed E-state index contributed by atoms with van der Waals surface area (Å²) in [6.07, 6.45) is 0.252. The van der Waals surface area contributed by atoms with E-state index in [1.54, 1.807) is 40.7 Å². The third-order valence-electron chi connectivity index (χ3n) is 5.39. The first-order valence-corrected chi connectivity index (χ1v) is 13.1. The Kier molecular flexibility index (Phi) is 12.8. The Morgan fingerprint density at radius 2 is 1.41 bits per heavy atom. The lowest BCUT2D eigenvalue weighted by atomic mass is 9.98. The molecule has 12 nitrogen and oxygen atoms in total. The van der Waals surface area contributed by atoms with E-state index in [2.05, 4.69) is 0 Å². The second-order valence-corrected chi connectivity index (χ2v) is 9.82. The van der Waals surface area contributed by atoms with Gasteiger partial charge in [-0.3, -0.25) is 4.79 Å². The number of nitrogens with two attached hydrogens (primary N) is 1. The molecule has 1 aliphatic rings. The zero-order chi connectivity index (χ0) is 28.9. The molecule has 0 aliphatic heterocycles. The third kappa shape index (κ3) is 12.2. The van der Waals surface area contributed by atoms with Gasteiger partial charge in [-0.05, 0) is 84.4 Å². The predicted octanol–water partition coefficient (Wildman–Crippen LogP) is 4.82. The Balaban J connectivity index is 1.94. The molecule has 2 rings (SSSR count). The van der Waals surface area contributed by atoms with Gasteiger partial charge in [0.25, 0.3) is 0 Å². The summed E-state index contributed by atoms with van der Waals surface area (Å²) in [4.78, 5) is 48.4. The molecule has 1 fully saturated rings. The number of esters is 1. The van der Waals surface area contributed by atoms with Crippen LogP contribution in [0.2, 0.25) is 0 Å². The minimum absolute atomic E-state index is 0.00407. The lowest BCUT2D eigenvalue weighted by Gasteiger charge is -2.22. The van der Waals surface area contributed by atoms with Crippen LogP contribution in [0.4, 0.5) is 14.4 Å². The summed E-state index contributed by atoms with van der Waals surface area (Å²) in [5, 5.41) is 0. The van der Waals surface area contributed by atoms with Crippen molar-refractivity contribution in [2.45, 2.75) is 104 Å². The lowest BCUT2D eigenvalue weighted by molar-refractivity contribution is -0.148. The van der Waals surface area contributed by atoms with Crippen molar-refractivity contribution < 1.29 is 52.3 Å². The first-order valence-electron chi connectivity index (χ1n) is 13.1. The maximum Gasteiger partial charge on any atom is 0.514 e. The van der Waals surface area contributed by atoms with Crippen LogP contribution in [-0.2, 0) is 34.9 Å². The largest absolute Gasteiger partial charge is 0.514 e. The van der Waals surface area contributed by atoms with Crippen LogP contribution in [0.3, 0.4) is 0 Å². The fourth-order valence-corrected chi connectivity index (χ4v) is 3.65. The molecule has 0 amide bonds. The number of ether oxygens (including phenoxy) is 7. The Morgan fingerprint density at radius 1 is 0.821 bits per heavy atom. The van der Waals surface area contributed by atoms with Gasteiger partial charge in [0, 0.05) is 0 Å². The number of carbonyl (C=O) groups is 4. The van der Waals surface area contributed by atoms with Gasteiger partial charge in [-0.1, -0.05) is 12.5 Å². The summed E-state index contributed by atoms with van der Waals surface area (Å²) < 4.78 is 35.9. The first-order chi connectivity index (χ1) is 18.4. The highest BCUT2D eigenvalue weighted by Crippen LogP contribution is 2.30. The van der Waals surface area contributed by atoms with Crippen LogP contribution < -0.4 is 15.2 Å². The second-order valence-electron chi connectivity index (χ2n) is 9.82. The fourth-order valence-electron chi connectivity index (χ4n) is 3.65. The van der Waals surface area contributed by atoms with Gasteiger partial charge in [-0.2, -0.15) is 0 Å². The molecule has 1 aliphatic carbocycles. The van der Waals surface area contributed by atoms with Crippen LogP contribution in [0.1, 0.15) is 72.3 Å². The molecule has 0 radical (unpaired) electrons. The van der Waals surface area contributed by atoms with Crippen molar-refractivity contribution >= 4 is 24.4 Å². The fraction of sp³-hybridized carbons (Fsp3) is 0.630. The van der Waals surface area contributed by atoms with Crippen molar-refractivity contribution in [1.82, 2.24) is 0 Å². The number of benzene rings is 1. The molecule has 12 heteroatoms. The third-order valence-corrected chi connectivity index (χ3v) is 5.39. The van der Waals surface area contributed by atoms with E-state index in [1.807, 2.05) is 0 Å². The molecule has 1 saturated carbocycles. The standard InChI is InChI=1S/C27H39NO11/c1-16(2)34-25(30)38-22-12-11-19(14-23(22)39-26(31)35-17(3)4)13-21(28)24(29)33-15-18(5)36-27(32)37-20-9-7-6-8-10-20/h11-12,14,16-18,20-21H,6-10,13,15,28H2,1-5H3/t18-,21-/m0/s1. The van der Waals surface area contributed by atoms with E-state index in [9.17, 15) is 19.2 Å². The quantitative estimate of drug-likeness (QED) is 0.226. The molecule has 0 bridgehead atoms. The molecule has 1 aromatic rings. The Labute approximate surface area is 228 Å². The van der Waals surface area contributed by atoms with Crippen LogP contribution >= 0.6 is 0 Å². The molecule has 39 heavy (non-hydrogen) atoms. The average molecular weight is 554 g/mol. The lowest BCUT2D eigenvalue weighted by Crippen LogP contribution is -2.36. The molecule has 0 spiro atoms. The highest BCUT2D eigenvalue weighted by atomic mass is 16.8. The highest BCUT2D eigenvalue weighted by Gasteiger charge is 2.23. The summed E-state index contributed by atoms with van der Waals surface area (Å²) >= 11 is 0. The number of rotatable bonds is 11. The normalized spacial score (nSPS) is 15.2. The highest BCUT2D eigenvalue weighted by molar-refractivity contribution is 5.76. The van der Waals surface area contributed by atoms with Crippen LogP contribution in [0, 0.1) is 0 Å². The molecule has 0 heterocycles. The monoisotopic (exact) mass is 553 g/mol. The summed E-state index contributed by atoms with van der Waals surface area (Å²) in [5.74, 6) is -0.945. The molecular formula is C27H39NO11. The zero-order valence-corrected chi connectivity index (χ0v) is 23.1. The maximum atomic E-state index is 12.4. The Hall–Kier alpha value is -3.54. The summed E-state index contributed by atoms with van der Waals surface area (Å²) in [6.45, 7) is 7.96. The summed E-state index contributed by atoms with van der Waals surface area (Å²) in [5.41, 5.74) is 6.49. The first kappa shape index (κ1) is 31.7.